The summed E-state index contributed by atoms with van der Waals surface area (Å²) in [5.41, 5.74) is 2.78. The van der Waals surface area contributed by atoms with Crippen LogP contribution in [0.1, 0.15) is 12.5 Å². The molecule has 3 aromatic heterocycles. The summed E-state index contributed by atoms with van der Waals surface area (Å²) in [7, 11) is 0. The minimum Gasteiger partial charge on any atom is -0.478 e. The quantitative estimate of drug-likeness (QED) is 0.577. The van der Waals surface area contributed by atoms with Crippen LogP contribution in [0.3, 0.4) is 0 Å². The molecule has 0 radical (unpaired) electrons. The molecule has 0 fully saturated rings. The van der Waals surface area contributed by atoms with Crippen molar-refractivity contribution in [3.63, 3.8) is 0 Å². The number of aromatic nitrogens is 5. The predicted molar refractivity (Wildman–Crippen MR) is 99.4 cm³/mol. The number of fused-ring (bicyclic) bond motifs is 1. The summed E-state index contributed by atoms with van der Waals surface area (Å²) in [4.78, 5) is 12.9. The molecule has 0 spiro atoms. The first kappa shape index (κ1) is 16.0. The monoisotopic (exact) mass is 346 g/mol. The number of anilines is 1. The Morgan fingerprint density at radius 1 is 1.08 bits per heavy atom. The van der Waals surface area contributed by atoms with Gasteiger partial charge in [-0.15, -0.1) is 0 Å². The highest BCUT2D eigenvalue weighted by Crippen LogP contribution is 2.22. The van der Waals surface area contributed by atoms with Gasteiger partial charge < -0.3 is 10.1 Å². The van der Waals surface area contributed by atoms with E-state index in [1.54, 1.807) is 18.7 Å². The molecule has 4 aromatic rings. The van der Waals surface area contributed by atoms with Crippen LogP contribution in [0.2, 0.25) is 0 Å². The molecule has 7 heteroatoms. The summed E-state index contributed by atoms with van der Waals surface area (Å²) >= 11 is 0. The molecular weight excluding hydrogens is 328 g/mol. The Hall–Kier alpha value is -3.48. The molecule has 0 bridgehead atoms. The lowest BCUT2D eigenvalue weighted by Gasteiger charge is -2.08. The normalized spacial score (nSPS) is 10.8. The fraction of sp³-hybridized carbons (Fsp3) is 0.158. The van der Waals surface area contributed by atoms with Crippen LogP contribution in [-0.2, 0) is 6.54 Å². The Bertz CT molecular complexity index is 1010. The van der Waals surface area contributed by atoms with Gasteiger partial charge in [-0.25, -0.2) is 19.6 Å². The molecule has 130 valence electrons. The maximum absolute atomic E-state index is 5.44. The van der Waals surface area contributed by atoms with Crippen molar-refractivity contribution in [2.24, 2.45) is 0 Å². The van der Waals surface area contributed by atoms with Crippen molar-refractivity contribution in [3.05, 3.63) is 66.7 Å². The molecule has 4 rings (SSSR count). The van der Waals surface area contributed by atoms with E-state index in [0.717, 1.165) is 28.1 Å². The zero-order chi connectivity index (χ0) is 17.8. The third kappa shape index (κ3) is 3.19. The van der Waals surface area contributed by atoms with Gasteiger partial charge in [-0.3, -0.25) is 0 Å². The van der Waals surface area contributed by atoms with Crippen LogP contribution in [0.15, 0.2) is 61.2 Å². The van der Waals surface area contributed by atoms with E-state index in [0.29, 0.717) is 19.0 Å². The number of ether oxygens (including phenoxy) is 1. The Balaban J connectivity index is 1.60. The lowest BCUT2D eigenvalue weighted by Crippen LogP contribution is -2.04. The van der Waals surface area contributed by atoms with Gasteiger partial charge in [-0.2, -0.15) is 5.10 Å². The molecule has 0 atom stereocenters. The standard InChI is InChI=1S/C19H18N6O/c1-2-26-17-10-14(8-9-20-17)11-21-18-16-12-24-25(19(16)23-13-22-18)15-6-4-3-5-7-15/h3-10,12-13H,2,11H2,1H3,(H,21,22,23). The average molecular weight is 346 g/mol. The highest BCUT2D eigenvalue weighted by atomic mass is 16.5. The second-order valence-electron chi connectivity index (χ2n) is 5.64. The van der Waals surface area contributed by atoms with E-state index >= 15 is 0 Å². The number of rotatable bonds is 6. The highest BCUT2D eigenvalue weighted by molar-refractivity contribution is 5.87. The number of benzene rings is 1. The third-order valence-electron chi connectivity index (χ3n) is 3.92. The van der Waals surface area contributed by atoms with Crippen molar-refractivity contribution in [1.82, 2.24) is 24.7 Å². The van der Waals surface area contributed by atoms with Crippen molar-refractivity contribution >= 4 is 16.9 Å². The van der Waals surface area contributed by atoms with Gasteiger partial charge in [-0.1, -0.05) is 18.2 Å². The molecule has 7 nitrogen and oxygen atoms in total. The molecule has 3 heterocycles. The van der Waals surface area contributed by atoms with Gasteiger partial charge in [0.1, 0.15) is 12.1 Å². The summed E-state index contributed by atoms with van der Waals surface area (Å²) in [5, 5.41) is 8.68. The van der Waals surface area contributed by atoms with Crippen LogP contribution in [0.4, 0.5) is 5.82 Å². The number of nitrogens with one attached hydrogen (secondary N) is 1. The summed E-state index contributed by atoms with van der Waals surface area (Å²) in [6.07, 6.45) is 5.07. The number of nitrogens with zero attached hydrogens (tertiary/aromatic N) is 5. The molecule has 0 aliphatic heterocycles. The van der Waals surface area contributed by atoms with Crippen molar-refractivity contribution in [2.75, 3.05) is 11.9 Å². The van der Waals surface area contributed by atoms with Crippen LogP contribution < -0.4 is 10.1 Å². The van der Waals surface area contributed by atoms with E-state index in [-0.39, 0.29) is 0 Å². The van der Waals surface area contributed by atoms with Crippen molar-refractivity contribution in [1.29, 1.82) is 0 Å². The number of hydrogen-bond acceptors (Lipinski definition) is 6. The Kier molecular flexibility index (Phi) is 4.42. The average Bonchev–Trinajstić information content (AvgIpc) is 3.12. The van der Waals surface area contributed by atoms with Gasteiger partial charge in [0.05, 0.1) is 23.9 Å². The Labute approximate surface area is 150 Å². The third-order valence-corrected chi connectivity index (χ3v) is 3.92. The van der Waals surface area contributed by atoms with Crippen LogP contribution >= 0.6 is 0 Å². The zero-order valence-electron chi connectivity index (χ0n) is 14.3. The molecular formula is C19H18N6O. The topological polar surface area (TPSA) is 77.8 Å². The molecule has 1 aromatic carbocycles. The largest absolute Gasteiger partial charge is 0.478 e. The van der Waals surface area contributed by atoms with Crippen molar-refractivity contribution < 1.29 is 4.74 Å². The SMILES string of the molecule is CCOc1cc(CNc2ncnc3c2cnn3-c2ccccc2)ccn1. The van der Waals surface area contributed by atoms with Crippen molar-refractivity contribution in [2.45, 2.75) is 13.5 Å². The summed E-state index contributed by atoms with van der Waals surface area (Å²) in [6, 6.07) is 13.8. The summed E-state index contributed by atoms with van der Waals surface area (Å²) < 4.78 is 7.25. The predicted octanol–water partition coefficient (Wildman–Crippen LogP) is 3.22. The van der Waals surface area contributed by atoms with Gasteiger partial charge in [0.2, 0.25) is 5.88 Å². The van der Waals surface area contributed by atoms with Gasteiger partial charge in [-0.05, 0) is 30.7 Å². The molecule has 26 heavy (non-hydrogen) atoms. The van der Waals surface area contributed by atoms with E-state index in [4.69, 9.17) is 4.74 Å². The lowest BCUT2D eigenvalue weighted by molar-refractivity contribution is 0.326. The van der Waals surface area contributed by atoms with E-state index in [1.165, 1.54) is 0 Å². The number of pyridine rings is 1. The summed E-state index contributed by atoms with van der Waals surface area (Å²) in [5.74, 6) is 1.36. The fourth-order valence-corrected chi connectivity index (χ4v) is 2.72. The molecule has 0 saturated carbocycles. The Morgan fingerprint density at radius 2 is 1.96 bits per heavy atom. The smallest absolute Gasteiger partial charge is 0.213 e. The van der Waals surface area contributed by atoms with E-state index in [9.17, 15) is 0 Å². The molecule has 0 saturated heterocycles. The minimum absolute atomic E-state index is 0.592. The van der Waals surface area contributed by atoms with Crippen molar-refractivity contribution in [3.8, 4) is 11.6 Å². The fourth-order valence-electron chi connectivity index (χ4n) is 2.72. The number of hydrogen-bond donors (Lipinski definition) is 1. The van der Waals surface area contributed by atoms with E-state index in [2.05, 4.69) is 25.4 Å². The first-order chi connectivity index (χ1) is 12.8. The van der Waals surface area contributed by atoms with Gasteiger partial charge in [0, 0.05) is 18.8 Å². The van der Waals surface area contributed by atoms with Crippen LogP contribution in [-0.4, -0.2) is 31.3 Å². The van der Waals surface area contributed by atoms with Crippen LogP contribution in [0.5, 0.6) is 5.88 Å². The lowest BCUT2D eigenvalue weighted by atomic mass is 10.2. The highest BCUT2D eigenvalue weighted by Gasteiger charge is 2.11. The molecule has 0 aliphatic rings. The first-order valence-corrected chi connectivity index (χ1v) is 8.41. The van der Waals surface area contributed by atoms with Crippen LogP contribution in [0, 0.1) is 0 Å². The maximum atomic E-state index is 5.44. The van der Waals surface area contributed by atoms with E-state index < -0.39 is 0 Å². The van der Waals surface area contributed by atoms with Gasteiger partial charge in [0.25, 0.3) is 0 Å². The summed E-state index contributed by atoms with van der Waals surface area (Å²) in [6.45, 7) is 3.13. The van der Waals surface area contributed by atoms with E-state index in [1.807, 2.05) is 54.1 Å². The minimum atomic E-state index is 0.592. The molecule has 0 aliphatic carbocycles. The van der Waals surface area contributed by atoms with Gasteiger partial charge in [0.15, 0.2) is 5.65 Å². The second kappa shape index (κ2) is 7.18. The first-order valence-electron chi connectivity index (χ1n) is 8.41. The molecule has 0 amide bonds. The molecule has 1 N–H and O–H groups in total. The second-order valence-corrected chi connectivity index (χ2v) is 5.64. The maximum Gasteiger partial charge on any atom is 0.213 e. The Morgan fingerprint density at radius 3 is 2.81 bits per heavy atom. The zero-order valence-corrected chi connectivity index (χ0v) is 14.3. The molecule has 0 unspecified atom stereocenters. The number of para-hydroxylation sites is 1. The van der Waals surface area contributed by atoms with Gasteiger partial charge >= 0.3 is 0 Å². The van der Waals surface area contributed by atoms with Crippen LogP contribution in [0.25, 0.3) is 16.7 Å².